The minimum absolute atomic E-state index is 0.0562. The van der Waals surface area contributed by atoms with E-state index >= 15 is 0 Å². The van der Waals surface area contributed by atoms with Gasteiger partial charge in [-0.1, -0.05) is 73.5 Å². The number of halogens is 2. The summed E-state index contributed by atoms with van der Waals surface area (Å²) < 4.78 is 8.23. The zero-order valence-corrected chi connectivity index (χ0v) is 25.8. The molecule has 0 radical (unpaired) electrons. The van der Waals surface area contributed by atoms with Crippen molar-refractivity contribution < 1.29 is 19.4 Å². The summed E-state index contributed by atoms with van der Waals surface area (Å²) in [4.78, 5) is 28.5. The van der Waals surface area contributed by atoms with Crippen molar-refractivity contribution in [3.05, 3.63) is 93.2 Å². The maximum Gasteiger partial charge on any atom is 0.305 e. The van der Waals surface area contributed by atoms with E-state index in [4.69, 9.17) is 38.0 Å². The van der Waals surface area contributed by atoms with Crippen LogP contribution in [0.3, 0.4) is 0 Å². The van der Waals surface area contributed by atoms with E-state index in [0.29, 0.717) is 28.0 Å². The molecule has 1 amide bonds. The number of imidazole rings is 1. The topological polar surface area (TPSA) is 93.5 Å². The highest BCUT2D eigenvalue weighted by molar-refractivity contribution is 6.35. The Bertz CT molecular complexity index is 1580. The van der Waals surface area contributed by atoms with Gasteiger partial charge in [0, 0.05) is 46.7 Å². The molecule has 0 aliphatic heterocycles. The van der Waals surface area contributed by atoms with Gasteiger partial charge in [-0.05, 0) is 60.7 Å². The first-order chi connectivity index (χ1) is 20.8. The lowest BCUT2D eigenvalue weighted by atomic mass is 9.82. The zero-order chi connectivity index (χ0) is 30.3. The highest BCUT2D eigenvalue weighted by Crippen LogP contribution is 2.36. The molecule has 1 aliphatic carbocycles. The molecule has 226 valence electrons. The van der Waals surface area contributed by atoms with E-state index < -0.39 is 5.97 Å². The minimum atomic E-state index is -0.941. The van der Waals surface area contributed by atoms with E-state index in [-0.39, 0.29) is 24.8 Å². The third kappa shape index (κ3) is 7.89. The molecule has 1 saturated carbocycles. The summed E-state index contributed by atoms with van der Waals surface area (Å²) in [7, 11) is 2.05. The lowest BCUT2D eigenvalue weighted by molar-refractivity contribution is -0.136. The quantitative estimate of drug-likeness (QED) is 0.166. The molecule has 43 heavy (non-hydrogen) atoms. The van der Waals surface area contributed by atoms with Crippen molar-refractivity contribution in [2.24, 2.45) is 13.0 Å². The summed E-state index contributed by atoms with van der Waals surface area (Å²) >= 11 is 12.4. The first-order valence-electron chi connectivity index (χ1n) is 14.9. The summed E-state index contributed by atoms with van der Waals surface area (Å²) in [5.41, 5.74) is 4.34. The molecule has 1 heterocycles. The molecule has 0 saturated heterocycles. The number of amides is 1. The van der Waals surface area contributed by atoms with E-state index in [1.165, 1.54) is 32.1 Å². The van der Waals surface area contributed by atoms with E-state index in [9.17, 15) is 9.59 Å². The molecule has 9 heteroatoms. The number of carboxylic acids is 1. The lowest BCUT2D eigenvalue weighted by Crippen LogP contribution is -2.26. The fraction of sp³-hybridized carbons (Fsp3) is 0.382. The van der Waals surface area contributed by atoms with Gasteiger partial charge < -0.3 is 19.7 Å². The minimum Gasteiger partial charge on any atom is -0.489 e. The summed E-state index contributed by atoms with van der Waals surface area (Å²) in [6, 6.07) is 19.0. The van der Waals surface area contributed by atoms with Crippen LogP contribution in [0.5, 0.6) is 5.75 Å². The fourth-order valence-corrected chi connectivity index (χ4v) is 6.44. The maximum absolute atomic E-state index is 12.5. The van der Waals surface area contributed by atoms with Gasteiger partial charge in [-0.15, -0.1) is 0 Å². The second-order valence-electron chi connectivity index (χ2n) is 11.4. The number of carbonyl (C=O) groups excluding carboxylic acids is 1. The van der Waals surface area contributed by atoms with Crippen LogP contribution >= 0.6 is 23.2 Å². The number of aromatic nitrogens is 2. The van der Waals surface area contributed by atoms with Crippen LogP contribution in [-0.2, 0) is 18.4 Å². The lowest BCUT2D eigenvalue weighted by Gasteiger charge is -2.24. The van der Waals surface area contributed by atoms with Crippen LogP contribution in [0.25, 0.3) is 11.0 Å². The molecule has 0 bridgehead atoms. The van der Waals surface area contributed by atoms with Gasteiger partial charge in [0.05, 0.1) is 17.5 Å². The van der Waals surface area contributed by atoms with E-state index in [2.05, 4.69) is 16.9 Å². The smallest absolute Gasteiger partial charge is 0.305 e. The first-order valence-corrected chi connectivity index (χ1v) is 15.7. The Balaban J connectivity index is 1.38. The largest absolute Gasteiger partial charge is 0.489 e. The standard InChI is InChI=1S/C34H37Cl2N3O4/c1-39-31-16-14-27(43-21-25-12-13-26(35)19-29(25)36)20-30(31)38-33(39)28(15-7-22-5-3-2-4-6-22)23-8-10-24(11-9-23)34(42)37-18-17-32(40)41/h8-14,16,19-20,22,28H,2-7,15,17-18,21H2,1H3,(H,37,42)(H,40,41). The average Bonchev–Trinajstić information content (AvgIpc) is 3.32. The Kier molecular flexibility index (Phi) is 10.3. The van der Waals surface area contributed by atoms with Crippen LogP contribution in [0.4, 0.5) is 0 Å². The number of benzene rings is 3. The van der Waals surface area contributed by atoms with E-state index in [1.54, 1.807) is 12.1 Å². The normalized spacial score (nSPS) is 14.5. The third-order valence-electron chi connectivity index (χ3n) is 8.40. The van der Waals surface area contributed by atoms with Crippen molar-refractivity contribution in [3.63, 3.8) is 0 Å². The number of nitrogens with one attached hydrogen (secondary N) is 1. The van der Waals surface area contributed by atoms with Gasteiger partial charge >= 0.3 is 5.97 Å². The predicted octanol–water partition coefficient (Wildman–Crippen LogP) is 8.16. The van der Waals surface area contributed by atoms with Crippen LogP contribution < -0.4 is 10.1 Å². The SMILES string of the molecule is Cn1c(C(CCC2CCCCC2)c2ccc(C(=O)NCCC(=O)O)cc2)nc2cc(OCc3ccc(Cl)cc3Cl)ccc21. The number of carboxylic acid groups (broad SMARTS) is 1. The summed E-state index contributed by atoms with van der Waals surface area (Å²) in [6.07, 6.45) is 8.48. The molecule has 5 rings (SSSR count). The number of aliphatic carboxylic acids is 1. The van der Waals surface area contributed by atoms with Crippen LogP contribution in [0, 0.1) is 5.92 Å². The summed E-state index contributed by atoms with van der Waals surface area (Å²) in [5.74, 6) is 1.25. The number of hydrogen-bond donors (Lipinski definition) is 2. The van der Waals surface area contributed by atoms with Crippen LogP contribution in [0.1, 0.15) is 84.6 Å². The van der Waals surface area contributed by atoms with Crippen LogP contribution in [0.2, 0.25) is 10.0 Å². The van der Waals surface area contributed by atoms with Gasteiger partial charge in [0.2, 0.25) is 0 Å². The van der Waals surface area contributed by atoms with Crippen molar-refractivity contribution >= 4 is 46.1 Å². The Morgan fingerprint density at radius 3 is 2.53 bits per heavy atom. The molecule has 0 spiro atoms. The van der Waals surface area contributed by atoms with Crippen LogP contribution in [0.15, 0.2) is 60.7 Å². The highest BCUT2D eigenvalue weighted by atomic mass is 35.5. The molecule has 2 N–H and O–H groups in total. The van der Waals surface area contributed by atoms with Crippen molar-refractivity contribution in [2.75, 3.05) is 6.54 Å². The number of carbonyl (C=O) groups is 2. The molecule has 4 aromatic rings. The molecule has 1 aromatic heterocycles. The zero-order valence-electron chi connectivity index (χ0n) is 24.3. The average molecular weight is 623 g/mol. The second kappa shape index (κ2) is 14.3. The van der Waals surface area contributed by atoms with Gasteiger partial charge in [-0.25, -0.2) is 4.98 Å². The third-order valence-corrected chi connectivity index (χ3v) is 8.98. The molecule has 3 aromatic carbocycles. The first kappa shape index (κ1) is 30.9. The number of nitrogens with zero attached hydrogens (tertiary/aromatic N) is 2. The monoisotopic (exact) mass is 621 g/mol. The van der Waals surface area contributed by atoms with Gasteiger partial charge in [0.15, 0.2) is 0 Å². The molecule has 1 unspecified atom stereocenters. The molecular formula is C34H37Cl2N3O4. The molecule has 1 atom stereocenters. The number of ether oxygens (including phenoxy) is 1. The molecule has 1 fully saturated rings. The van der Waals surface area contributed by atoms with Crippen molar-refractivity contribution in [1.29, 1.82) is 0 Å². The van der Waals surface area contributed by atoms with Gasteiger partial charge in [0.25, 0.3) is 5.91 Å². The second-order valence-corrected chi connectivity index (χ2v) is 12.2. The van der Waals surface area contributed by atoms with Gasteiger partial charge in [-0.3, -0.25) is 9.59 Å². The fourth-order valence-electron chi connectivity index (χ4n) is 5.97. The van der Waals surface area contributed by atoms with E-state index in [0.717, 1.165) is 46.7 Å². The summed E-state index contributed by atoms with van der Waals surface area (Å²) in [5, 5.41) is 12.7. The number of rotatable bonds is 12. The maximum atomic E-state index is 12.5. The van der Waals surface area contributed by atoms with Gasteiger partial charge in [0.1, 0.15) is 18.2 Å². The van der Waals surface area contributed by atoms with E-state index in [1.807, 2.05) is 48.5 Å². The highest BCUT2D eigenvalue weighted by Gasteiger charge is 2.24. The molecular weight excluding hydrogens is 585 g/mol. The van der Waals surface area contributed by atoms with Crippen molar-refractivity contribution in [1.82, 2.24) is 14.9 Å². The van der Waals surface area contributed by atoms with Gasteiger partial charge in [-0.2, -0.15) is 0 Å². The molecule has 7 nitrogen and oxygen atoms in total. The number of aryl methyl sites for hydroxylation is 1. The Morgan fingerprint density at radius 2 is 1.81 bits per heavy atom. The Hall–Kier alpha value is -3.55. The number of hydrogen-bond acceptors (Lipinski definition) is 4. The Morgan fingerprint density at radius 1 is 1.05 bits per heavy atom. The van der Waals surface area contributed by atoms with Crippen molar-refractivity contribution in [2.45, 2.75) is 63.9 Å². The van der Waals surface area contributed by atoms with Crippen LogP contribution in [-0.4, -0.2) is 33.1 Å². The predicted molar refractivity (Wildman–Crippen MR) is 170 cm³/mol. The number of fused-ring (bicyclic) bond motifs is 1. The summed E-state index contributed by atoms with van der Waals surface area (Å²) in [6.45, 7) is 0.416. The molecule has 1 aliphatic rings. The Labute approximate surface area is 262 Å². The van der Waals surface area contributed by atoms with Crippen molar-refractivity contribution in [3.8, 4) is 5.75 Å².